The lowest BCUT2D eigenvalue weighted by Gasteiger charge is -2.32. The minimum atomic E-state index is -3.14. The van der Waals surface area contributed by atoms with Crippen molar-refractivity contribution >= 4 is 31.9 Å². The van der Waals surface area contributed by atoms with Crippen molar-refractivity contribution in [3.8, 4) is 0 Å². The molecule has 7 heteroatoms. The molecule has 1 fully saturated rings. The molecule has 0 aromatic carbocycles. The fraction of sp³-hybridized carbons (Fsp3) is 0.909. The zero-order valence-corrected chi connectivity index (χ0v) is 13.1. The van der Waals surface area contributed by atoms with Crippen LogP contribution in [0, 0.1) is 0 Å². The van der Waals surface area contributed by atoms with E-state index >= 15 is 0 Å². The first-order chi connectivity index (χ1) is 8.42. The Morgan fingerprint density at radius 2 is 1.94 bits per heavy atom. The molecule has 1 amide bonds. The maximum absolute atomic E-state index is 11.8. The minimum absolute atomic E-state index is 0.0217. The molecule has 0 radical (unpaired) electrons. The summed E-state index contributed by atoms with van der Waals surface area (Å²) in [4.78, 5) is 13.7. The highest BCUT2D eigenvalue weighted by atomic mass is 79.9. The lowest BCUT2D eigenvalue weighted by molar-refractivity contribution is -0.132. The number of sulfonamides is 1. The molecule has 0 spiro atoms. The standard InChI is InChI=1S/C11H21BrN2O3S/c1-18(16,17)13-10-5-8-14(9-6-10)11(15)4-2-3-7-12/h10,13H,2-9H2,1H3. The van der Waals surface area contributed by atoms with Gasteiger partial charge in [0.25, 0.3) is 0 Å². The molecule has 0 unspecified atom stereocenters. The fourth-order valence-electron chi connectivity index (χ4n) is 2.08. The number of halogens is 1. The van der Waals surface area contributed by atoms with Crippen LogP contribution in [0.15, 0.2) is 0 Å². The van der Waals surface area contributed by atoms with Crippen molar-refractivity contribution in [2.75, 3.05) is 24.7 Å². The van der Waals surface area contributed by atoms with Gasteiger partial charge in [-0.25, -0.2) is 13.1 Å². The molecular weight excluding hydrogens is 320 g/mol. The molecule has 0 bridgehead atoms. The Balaban J connectivity index is 2.28. The van der Waals surface area contributed by atoms with Crippen LogP contribution in [0.2, 0.25) is 0 Å². The van der Waals surface area contributed by atoms with E-state index in [1.165, 1.54) is 6.26 Å². The predicted octanol–water partition coefficient (Wildman–Crippen LogP) is 1.09. The average molecular weight is 341 g/mol. The summed E-state index contributed by atoms with van der Waals surface area (Å²) in [6.45, 7) is 1.31. The Morgan fingerprint density at radius 3 is 2.44 bits per heavy atom. The summed E-state index contributed by atoms with van der Waals surface area (Å²) in [5, 5.41) is 0.931. The second-order valence-corrected chi connectivity index (χ2v) is 7.26. The van der Waals surface area contributed by atoms with Gasteiger partial charge in [-0.2, -0.15) is 0 Å². The predicted molar refractivity (Wildman–Crippen MR) is 75.2 cm³/mol. The van der Waals surface area contributed by atoms with Crippen molar-refractivity contribution in [3.05, 3.63) is 0 Å². The summed E-state index contributed by atoms with van der Waals surface area (Å²) in [7, 11) is -3.14. The summed E-state index contributed by atoms with van der Waals surface area (Å²) in [6.07, 6.45) is 5.10. The number of alkyl halides is 1. The molecule has 1 rings (SSSR count). The van der Waals surface area contributed by atoms with E-state index in [2.05, 4.69) is 20.7 Å². The third kappa shape index (κ3) is 6.15. The van der Waals surface area contributed by atoms with Crippen LogP contribution in [0.3, 0.4) is 0 Å². The van der Waals surface area contributed by atoms with Crippen molar-refractivity contribution in [2.45, 2.75) is 38.1 Å². The highest BCUT2D eigenvalue weighted by molar-refractivity contribution is 9.09. The van der Waals surface area contributed by atoms with Crippen molar-refractivity contribution in [1.82, 2.24) is 9.62 Å². The maximum Gasteiger partial charge on any atom is 0.222 e. The second-order valence-electron chi connectivity index (χ2n) is 4.69. The number of piperidine rings is 1. The van der Waals surface area contributed by atoms with Gasteiger partial charge < -0.3 is 4.90 Å². The lowest BCUT2D eigenvalue weighted by Crippen LogP contribution is -2.46. The van der Waals surface area contributed by atoms with Crippen LogP contribution in [0.25, 0.3) is 0 Å². The van der Waals surface area contributed by atoms with E-state index in [4.69, 9.17) is 0 Å². The summed E-state index contributed by atoms with van der Waals surface area (Å²) in [5.74, 6) is 0.189. The molecule has 1 heterocycles. The summed E-state index contributed by atoms with van der Waals surface area (Å²) < 4.78 is 24.8. The van der Waals surface area contributed by atoms with Gasteiger partial charge in [0.05, 0.1) is 6.26 Å². The highest BCUT2D eigenvalue weighted by Crippen LogP contribution is 2.13. The lowest BCUT2D eigenvalue weighted by atomic mass is 10.1. The molecular formula is C11H21BrN2O3S. The quantitative estimate of drug-likeness (QED) is 0.581. The van der Waals surface area contributed by atoms with E-state index in [9.17, 15) is 13.2 Å². The number of nitrogens with zero attached hydrogens (tertiary/aromatic N) is 1. The molecule has 1 N–H and O–H groups in total. The Bertz CT molecular complexity index is 364. The Morgan fingerprint density at radius 1 is 1.33 bits per heavy atom. The van der Waals surface area contributed by atoms with Crippen molar-refractivity contribution < 1.29 is 13.2 Å². The van der Waals surface area contributed by atoms with E-state index in [-0.39, 0.29) is 11.9 Å². The average Bonchev–Trinajstić information content (AvgIpc) is 2.28. The van der Waals surface area contributed by atoms with Crippen molar-refractivity contribution in [1.29, 1.82) is 0 Å². The van der Waals surface area contributed by atoms with Gasteiger partial charge in [0.2, 0.25) is 15.9 Å². The number of likely N-dealkylation sites (tertiary alicyclic amines) is 1. The number of carbonyl (C=O) groups excluding carboxylic acids is 1. The first kappa shape index (κ1) is 15.9. The largest absolute Gasteiger partial charge is 0.343 e. The fourth-order valence-corrected chi connectivity index (χ4v) is 3.32. The number of amides is 1. The Labute approximate surface area is 117 Å². The van der Waals surface area contributed by atoms with E-state index in [0.717, 1.165) is 18.2 Å². The van der Waals surface area contributed by atoms with Gasteiger partial charge in [-0.05, 0) is 25.7 Å². The number of unbranched alkanes of at least 4 members (excludes halogenated alkanes) is 1. The third-order valence-electron chi connectivity index (χ3n) is 3.00. The summed E-state index contributed by atoms with van der Waals surface area (Å²) >= 11 is 3.34. The van der Waals surface area contributed by atoms with Gasteiger partial charge in [-0.15, -0.1) is 0 Å². The van der Waals surface area contributed by atoms with Gasteiger partial charge in [0.15, 0.2) is 0 Å². The van der Waals surface area contributed by atoms with Gasteiger partial charge in [-0.1, -0.05) is 15.9 Å². The van der Waals surface area contributed by atoms with Crippen molar-refractivity contribution in [3.63, 3.8) is 0 Å². The molecule has 0 aromatic heterocycles. The normalized spacial score (nSPS) is 18.0. The van der Waals surface area contributed by atoms with Crippen LogP contribution >= 0.6 is 15.9 Å². The molecule has 0 saturated carbocycles. The topological polar surface area (TPSA) is 66.5 Å². The van der Waals surface area contributed by atoms with Gasteiger partial charge in [0, 0.05) is 30.9 Å². The van der Waals surface area contributed by atoms with Crippen LogP contribution in [-0.2, 0) is 14.8 Å². The third-order valence-corrected chi connectivity index (χ3v) is 4.32. The molecule has 0 aromatic rings. The van der Waals surface area contributed by atoms with Crippen LogP contribution in [-0.4, -0.2) is 49.9 Å². The molecule has 5 nitrogen and oxygen atoms in total. The molecule has 0 atom stereocenters. The summed E-state index contributed by atoms with van der Waals surface area (Å²) in [6, 6.07) is -0.0217. The van der Waals surface area contributed by atoms with Gasteiger partial charge in [0.1, 0.15) is 0 Å². The van der Waals surface area contributed by atoms with Gasteiger partial charge in [-0.3, -0.25) is 4.79 Å². The van der Waals surface area contributed by atoms with Crippen LogP contribution in [0.1, 0.15) is 32.1 Å². The van der Waals surface area contributed by atoms with E-state index in [1.807, 2.05) is 4.90 Å². The Kier molecular flexibility index (Phi) is 6.59. The number of nitrogens with one attached hydrogen (secondary N) is 1. The first-order valence-electron chi connectivity index (χ1n) is 6.23. The van der Waals surface area contributed by atoms with Crippen LogP contribution in [0.4, 0.5) is 0 Å². The van der Waals surface area contributed by atoms with Crippen LogP contribution < -0.4 is 4.72 Å². The smallest absolute Gasteiger partial charge is 0.222 e. The number of hydrogen-bond acceptors (Lipinski definition) is 3. The SMILES string of the molecule is CS(=O)(=O)NC1CCN(C(=O)CCCCBr)CC1. The molecule has 0 aliphatic carbocycles. The van der Waals surface area contributed by atoms with Gasteiger partial charge >= 0.3 is 0 Å². The molecule has 1 saturated heterocycles. The first-order valence-corrected chi connectivity index (χ1v) is 9.24. The summed E-state index contributed by atoms with van der Waals surface area (Å²) in [5.41, 5.74) is 0. The highest BCUT2D eigenvalue weighted by Gasteiger charge is 2.23. The van der Waals surface area contributed by atoms with Crippen LogP contribution in [0.5, 0.6) is 0 Å². The van der Waals surface area contributed by atoms with E-state index < -0.39 is 10.0 Å². The minimum Gasteiger partial charge on any atom is -0.343 e. The van der Waals surface area contributed by atoms with E-state index in [0.29, 0.717) is 32.4 Å². The number of carbonyl (C=O) groups is 1. The zero-order chi connectivity index (χ0) is 13.6. The second kappa shape index (κ2) is 7.45. The molecule has 1 aliphatic heterocycles. The Hall–Kier alpha value is -0.140. The number of hydrogen-bond donors (Lipinski definition) is 1. The monoisotopic (exact) mass is 340 g/mol. The zero-order valence-electron chi connectivity index (χ0n) is 10.7. The molecule has 1 aliphatic rings. The van der Waals surface area contributed by atoms with Crippen molar-refractivity contribution in [2.24, 2.45) is 0 Å². The molecule has 106 valence electrons. The number of rotatable bonds is 6. The van der Waals surface area contributed by atoms with E-state index in [1.54, 1.807) is 0 Å². The molecule has 18 heavy (non-hydrogen) atoms. The maximum atomic E-state index is 11.8.